The molecule has 0 spiro atoms. The molecule has 0 aliphatic carbocycles. The van der Waals surface area contributed by atoms with Gasteiger partial charge in [-0.25, -0.2) is 4.98 Å². The van der Waals surface area contributed by atoms with Crippen molar-refractivity contribution in [2.24, 2.45) is 0 Å². The van der Waals surface area contributed by atoms with Crippen molar-refractivity contribution in [3.63, 3.8) is 0 Å². The van der Waals surface area contributed by atoms with Gasteiger partial charge in [0.15, 0.2) is 5.82 Å². The van der Waals surface area contributed by atoms with Gasteiger partial charge in [0.1, 0.15) is 5.75 Å². The van der Waals surface area contributed by atoms with Crippen LogP contribution in [0.4, 0.5) is 0 Å². The Bertz CT molecular complexity index is 2800. The molecule has 5 nitrogen and oxygen atoms in total. The Balaban J connectivity index is 1.09. The van der Waals surface area contributed by atoms with Gasteiger partial charge >= 0.3 is 0 Å². The first kappa shape index (κ1) is 29.0. The number of fused-ring (bicyclic) bond motifs is 6. The minimum absolute atomic E-state index is 0.490. The highest BCUT2D eigenvalue weighted by molar-refractivity contribution is 6.19. The molecular formula is C46H30N4O. The van der Waals surface area contributed by atoms with E-state index in [9.17, 15) is 0 Å². The van der Waals surface area contributed by atoms with Crippen molar-refractivity contribution in [3.8, 4) is 45.6 Å². The molecule has 10 aromatic rings. The Kier molecular flexibility index (Phi) is 6.74. The van der Waals surface area contributed by atoms with E-state index in [2.05, 4.69) is 124 Å². The van der Waals surface area contributed by atoms with Crippen LogP contribution in [0.15, 0.2) is 182 Å². The summed E-state index contributed by atoms with van der Waals surface area (Å²) in [6.45, 7) is 0. The Labute approximate surface area is 294 Å². The lowest BCUT2D eigenvalue weighted by Gasteiger charge is -2.12. The van der Waals surface area contributed by atoms with Crippen LogP contribution < -0.4 is 4.74 Å². The van der Waals surface area contributed by atoms with Crippen LogP contribution in [-0.4, -0.2) is 19.1 Å². The topological polar surface area (TPSA) is 44.9 Å². The largest absolute Gasteiger partial charge is 0.439 e. The maximum absolute atomic E-state index is 6.44. The number of nitrogens with zero attached hydrogens (tertiary/aromatic N) is 4. The summed E-state index contributed by atoms with van der Waals surface area (Å²) in [7, 11) is 0. The Hall–Kier alpha value is -6.98. The van der Waals surface area contributed by atoms with Crippen molar-refractivity contribution in [2.45, 2.75) is 0 Å². The minimum Gasteiger partial charge on any atom is -0.439 e. The summed E-state index contributed by atoms with van der Waals surface area (Å²) < 4.78 is 11.2. The zero-order chi connectivity index (χ0) is 33.7. The fourth-order valence-electron chi connectivity index (χ4n) is 7.30. The molecule has 51 heavy (non-hydrogen) atoms. The van der Waals surface area contributed by atoms with Gasteiger partial charge in [-0.15, -0.1) is 0 Å². The molecule has 0 amide bonds. The first-order valence-electron chi connectivity index (χ1n) is 17.1. The van der Waals surface area contributed by atoms with Gasteiger partial charge in [0.25, 0.3) is 0 Å². The summed E-state index contributed by atoms with van der Waals surface area (Å²) in [4.78, 5) is 9.70. The number of rotatable bonds is 6. The van der Waals surface area contributed by atoms with Gasteiger partial charge in [0.05, 0.1) is 27.8 Å². The van der Waals surface area contributed by atoms with Crippen molar-refractivity contribution >= 4 is 43.6 Å². The van der Waals surface area contributed by atoms with Gasteiger partial charge in [-0.2, -0.15) is 4.98 Å². The van der Waals surface area contributed by atoms with E-state index in [4.69, 9.17) is 14.7 Å². The van der Waals surface area contributed by atoms with Crippen molar-refractivity contribution < 1.29 is 4.74 Å². The van der Waals surface area contributed by atoms with Crippen molar-refractivity contribution in [1.82, 2.24) is 19.1 Å². The molecule has 10 rings (SSSR count). The van der Waals surface area contributed by atoms with Crippen LogP contribution in [-0.2, 0) is 0 Å². The van der Waals surface area contributed by atoms with E-state index in [1.54, 1.807) is 0 Å². The smallest absolute Gasteiger partial charge is 0.223 e. The molecule has 0 aliphatic heterocycles. The number of ether oxygens (including phenoxy) is 1. The van der Waals surface area contributed by atoms with Crippen LogP contribution in [0.1, 0.15) is 0 Å². The molecule has 0 N–H and O–H groups in total. The SMILES string of the molecule is c1ccc(-c2cc(Oc3ccc(-n4c5ccccc5c5cc6c(cc54)c4ccccc4n6-c4ccccc4)cc3)nc(-c3ccccc3)n2)cc1. The lowest BCUT2D eigenvalue weighted by Crippen LogP contribution is -1.97. The van der Waals surface area contributed by atoms with E-state index in [0.29, 0.717) is 17.5 Å². The fourth-order valence-corrected chi connectivity index (χ4v) is 7.30. The van der Waals surface area contributed by atoms with Gasteiger partial charge in [-0.3, -0.25) is 0 Å². The monoisotopic (exact) mass is 654 g/mol. The molecule has 0 unspecified atom stereocenters. The summed E-state index contributed by atoms with van der Waals surface area (Å²) in [6, 6.07) is 63.0. The Morgan fingerprint density at radius 3 is 1.45 bits per heavy atom. The predicted octanol–water partition coefficient (Wildman–Crippen LogP) is 11.8. The minimum atomic E-state index is 0.490. The molecule has 0 saturated heterocycles. The normalized spacial score (nSPS) is 11.5. The predicted molar refractivity (Wildman–Crippen MR) is 208 cm³/mol. The maximum atomic E-state index is 6.44. The Morgan fingerprint density at radius 2 is 0.863 bits per heavy atom. The third-order valence-electron chi connectivity index (χ3n) is 9.60. The molecule has 7 aromatic carbocycles. The number of hydrogen-bond donors (Lipinski definition) is 0. The molecule has 0 fully saturated rings. The molecule has 0 aliphatic rings. The van der Waals surface area contributed by atoms with Crippen LogP contribution in [0, 0.1) is 0 Å². The summed E-state index contributed by atoms with van der Waals surface area (Å²) in [6.07, 6.45) is 0. The highest BCUT2D eigenvalue weighted by Crippen LogP contribution is 2.40. The van der Waals surface area contributed by atoms with Gasteiger partial charge in [0.2, 0.25) is 5.88 Å². The number of hydrogen-bond acceptors (Lipinski definition) is 3. The average Bonchev–Trinajstić information content (AvgIpc) is 3.70. The van der Waals surface area contributed by atoms with Crippen molar-refractivity contribution in [1.29, 1.82) is 0 Å². The fraction of sp³-hybridized carbons (Fsp3) is 0. The zero-order valence-electron chi connectivity index (χ0n) is 27.5. The van der Waals surface area contributed by atoms with Crippen LogP contribution >= 0.6 is 0 Å². The number of aromatic nitrogens is 4. The highest BCUT2D eigenvalue weighted by atomic mass is 16.5. The zero-order valence-corrected chi connectivity index (χ0v) is 27.5. The third-order valence-corrected chi connectivity index (χ3v) is 9.60. The number of benzene rings is 7. The lowest BCUT2D eigenvalue weighted by atomic mass is 10.1. The maximum Gasteiger partial charge on any atom is 0.223 e. The van der Waals surface area contributed by atoms with Gasteiger partial charge in [-0.1, -0.05) is 115 Å². The molecule has 0 radical (unpaired) electrons. The average molecular weight is 655 g/mol. The molecule has 3 aromatic heterocycles. The first-order chi connectivity index (χ1) is 25.3. The molecule has 3 heterocycles. The lowest BCUT2D eigenvalue weighted by molar-refractivity contribution is 0.462. The van der Waals surface area contributed by atoms with E-state index in [1.807, 2.05) is 66.7 Å². The summed E-state index contributed by atoms with van der Waals surface area (Å²) >= 11 is 0. The van der Waals surface area contributed by atoms with E-state index < -0.39 is 0 Å². The van der Waals surface area contributed by atoms with Gasteiger partial charge < -0.3 is 13.9 Å². The van der Waals surface area contributed by atoms with Crippen molar-refractivity contribution in [3.05, 3.63) is 182 Å². The van der Waals surface area contributed by atoms with Gasteiger partial charge in [0, 0.05) is 50.1 Å². The van der Waals surface area contributed by atoms with E-state index >= 15 is 0 Å². The quantitative estimate of drug-likeness (QED) is 0.179. The molecular weight excluding hydrogens is 625 g/mol. The summed E-state index contributed by atoms with van der Waals surface area (Å²) in [5.41, 5.74) is 9.64. The van der Waals surface area contributed by atoms with Crippen molar-refractivity contribution in [2.75, 3.05) is 0 Å². The number of para-hydroxylation sites is 3. The second-order valence-electron chi connectivity index (χ2n) is 12.7. The third kappa shape index (κ3) is 4.94. The van der Waals surface area contributed by atoms with Gasteiger partial charge in [-0.05, 0) is 60.7 Å². The van der Waals surface area contributed by atoms with E-state index in [0.717, 1.165) is 39.2 Å². The molecule has 5 heteroatoms. The second kappa shape index (κ2) is 11.9. The van der Waals surface area contributed by atoms with E-state index in [-0.39, 0.29) is 0 Å². The molecule has 240 valence electrons. The molecule has 0 atom stereocenters. The Morgan fingerprint density at radius 1 is 0.373 bits per heavy atom. The van der Waals surface area contributed by atoms with Crippen LogP contribution in [0.2, 0.25) is 0 Å². The van der Waals surface area contributed by atoms with Crippen LogP contribution in [0.25, 0.3) is 77.6 Å². The molecule has 0 saturated carbocycles. The highest BCUT2D eigenvalue weighted by Gasteiger charge is 2.18. The van der Waals surface area contributed by atoms with Crippen LogP contribution in [0.3, 0.4) is 0 Å². The summed E-state index contributed by atoms with van der Waals surface area (Å²) in [5, 5.41) is 4.87. The first-order valence-corrected chi connectivity index (χ1v) is 17.1. The summed E-state index contributed by atoms with van der Waals surface area (Å²) in [5.74, 6) is 1.81. The van der Waals surface area contributed by atoms with E-state index in [1.165, 1.54) is 32.6 Å². The standard InChI is InChI=1S/C46H30N4O/c1-4-14-31(15-5-1)40-30-45(48-46(47-40)32-16-6-2-7-17-32)51-35-26-24-34(25-27-35)50-42-23-13-11-21-37(42)39-28-43-38(29-44(39)50)36-20-10-12-22-41(36)49(43)33-18-8-3-9-19-33/h1-30H. The van der Waals surface area contributed by atoms with Crippen LogP contribution in [0.5, 0.6) is 11.6 Å². The molecule has 0 bridgehead atoms. The second-order valence-corrected chi connectivity index (χ2v) is 12.7.